The van der Waals surface area contributed by atoms with Crippen LogP contribution in [0.25, 0.3) is 0 Å². The monoisotopic (exact) mass is 487 g/mol. The minimum atomic E-state index is -0.000522. The third kappa shape index (κ3) is 8.79. The Bertz CT molecular complexity index is 574. The average molecular weight is 487 g/mol. The molecule has 1 heterocycles. The van der Waals surface area contributed by atoms with Gasteiger partial charge in [-0.2, -0.15) is 0 Å². The van der Waals surface area contributed by atoms with Crippen LogP contribution in [0.3, 0.4) is 0 Å². The van der Waals surface area contributed by atoms with Crippen molar-refractivity contribution in [2.24, 2.45) is 4.99 Å². The van der Waals surface area contributed by atoms with Crippen LogP contribution in [0.5, 0.6) is 0 Å². The summed E-state index contributed by atoms with van der Waals surface area (Å²) in [6, 6.07) is 8.72. The van der Waals surface area contributed by atoms with E-state index in [1.807, 2.05) is 0 Å². The van der Waals surface area contributed by atoms with E-state index >= 15 is 0 Å². The highest BCUT2D eigenvalue weighted by Crippen LogP contribution is 2.15. The molecule has 1 aromatic carbocycles. The number of likely N-dealkylation sites (N-methyl/N-ethyl adjacent to an activating group) is 1. The van der Waals surface area contributed by atoms with Crippen molar-refractivity contribution in [3.63, 3.8) is 0 Å². The van der Waals surface area contributed by atoms with Crippen molar-refractivity contribution in [2.45, 2.75) is 53.2 Å². The molecule has 2 rings (SSSR count). The Kier molecular flexibility index (Phi) is 10.6. The van der Waals surface area contributed by atoms with E-state index in [9.17, 15) is 0 Å². The smallest absolute Gasteiger partial charge is 0.191 e. The van der Waals surface area contributed by atoms with Crippen LogP contribution in [0.15, 0.2) is 29.3 Å². The first-order valence-electron chi connectivity index (χ1n) is 9.99. The van der Waals surface area contributed by atoms with Crippen molar-refractivity contribution in [1.82, 2.24) is 20.4 Å². The van der Waals surface area contributed by atoms with E-state index in [1.165, 1.54) is 24.2 Å². The maximum Gasteiger partial charge on any atom is 0.191 e. The molecule has 2 N–H and O–H groups in total. The van der Waals surface area contributed by atoms with Gasteiger partial charge in [0.2, 0.25) is 0 Å². The number of benzene rings is 1. The van der Waals surface area contributed by atoms with Gasteiger partial charge in [0, 0.05) is 44.8 Å². The first-order chi connectivity index (χ1) is 12.4. The summed E-state index contributed by atoms with van der Waals surface area (Å²) < 4.78 is 0. The zero-order chi connectivity index (χ0) is 19.0. The molecule has 0 aromatic heterocycles. The lowest BCUT2D eigenvalue weighted by Crippen LogP contribution is -2.47. The standard InChI is InChI=1S/C21H37N5.HI/c1-6-22-20(24-21(3,4)5)23-16-18-10-8-9-11-19(18)17-26-14-12-25(7-2)13-15-26;/h8-11H,6-7,12-17H2,1-5H3,(H2,22,23,24);1H. The second kappa shape index (κ2) is 11.9. The van der Waals surface area contributed by atoms with Crippen molar-refractivity contribution < 1.29 is 0 Å². The maximum atomic E-state index is 4.82. The third-order valence-corrected chi connectivity index (χ3v) is 4.67. The second-order valence-electron chi connectivity index (χ2n) is 8.05. The van der Waals surface area contributed by atoms with Crippen molar-refractivity contribution in [3.8, 4) is 0 Å². The normalized spacial score (nSPS) is 16.7. The Hall–Kier alpha value is -0.860. The van der Waals surface area contributed by atoms with Gasteiger partial charge < -0.3 is 15.5 Å². The molecule has 0 amide bonds. The quantitative estimate of drug-likeness (QED) is 0.367. The van der Waals surface area contributed by atoms with Gasteiger partial charge in [0.25, 0.3) is 0 Å². The molecule has 0 atom stereocenters. The topological polar surface area (TPSA) is 42.9 Å². The van der Waals surface area contributed by atoms with Crippen LogP contribution in [0.1, 0.15) is 45.7 Å². The fraction of sp³-hybridized carbons (Fsp3) is 0.667. The molecule has 0 radical (unpaired) electrons. The third-order valence-electron chi connectivity index (χ3n) is 4.67. The number of hydrogen-bond donors (Lipinski definition) is 2. The summed E-state index contributed by atoms with van der Waals surface area (Å²) in [5, 5.41) is 6.81. The van der Waals surface area contributed by atoms with Gasteiger partial charge in [0.1, 0.15) is 0 Å². The molecule has 0 unspecified atom stereocenters. The molecule has 27 heavy (non-hydrogen) atoms. The number of nitrogens with one attached hydrogen (secondary N) is 2. The Morgan fingerprint density at radius 3 is 2.15 bits per heavy atom. The van der Waals surface area contributed by atoms with Gasteiger partial charge in [0.15, 0.2) is 5.96 Å². The summed E-state index contributed by atoms with van der Waals surface area (Å²) >= 11 is 0. The van der Waals surface area contributed by atoms with Gasteiger partial charge in [-0.05, 0) is 45.4 Å². The number of halogens is 1. The summed E-state index contributed by atoms with van der Waals surface area (Å²) in [4.78, 5) is 9.90. The number of piperazine rings is 1. The highest BCUT2D eigenvalue weighted by Gasteiger charge is 2.17. The predicted molar refractivity (Wildman–Crippen MR) is 127 cm³/mol. The summed E-state index contributed by atoms with van der Waals surface area (Å²) in [5.41, 5.74) is 2.71. The molecule has 0 saturated carbocycles. The molecule has 154 valence electrons. The molecular weight excluding hydrogens is 449 g/mol. The largest absolute Gasteiger partial charge is 0.357 e. The van der Waals surface area contributed by atoms with Gasteiger partial charge in [-0.1, -0.05) is 31.2 Å². The number of guanidine groups is 1. The fourth-order valence-electron chi connectivity index (χ4n) is 3.20. The molecular formula is C21H38IN5. The van der Waals surface area contributed by atoms with E-state index in [4.69, 9.17) is 4.99 Å². The van der Waals surface area contributed by atoms with Crippen LogP contribution < -0.4 is 10.6 Å². The molecule has 1 aromatic rings. The van der Waals surface area contributed by atoms with Crippen molar-refractivity contribution in [3.05, 3.63) is 35.4 Å². The lowest BCUT2D eigenvalue weighted by molar-refractivity contribution is 0.131. The molecule has 0 aliphatic carbocycles. The van der Waals surface area contributed by atoms with Gasteiger partial charge >= 0.3 is 0 Å². The molecule has 1 fully saturated rings. The SMILES string of the molecule is CCNC(=NCc1ccccc1CN1CCN(CC)CC1)NC(C)(C)C.I. The van der Waals surface area contributed by atoms with Crippen LogP contribution in [0, 0.1) is 0 Å². The van der Waals surface area contributed by atoms with Crippen molar-refractivity contribution in [1.29, 1.82) is 0 Å². The minimum Gasteiger partial charge on any atom is -0.357 e. The summed E-state index contributed by atoms with van der Waals surface area (Å²) in [6.45, 7) is 19.2. The van der Waals surface area contributed by atoms with Crippen LogP contribution in [0.2, 0.25) is 0 Å². The Labute approximate surface area is 183 Å². The maximum absolute atomic E-state index is 4.82. The van der Waals surface area contributed by atoms with Crippen LogP contribution in [0.4, 0.5) is 0 Å². The van der Waals surface area contributed by atoms with E-state index in [0.29, 0.717) is 6.54 Å². The lowest BCUT2D eigenvalue weighted by atomic mass is 10.1. The van der Waals surface area contributed by atoms with E-state index < -0.39 is 0 Å². The Balaban J connectivity index is 0.00000364. The average Bonchev–Trinajstić information content (AvgIpc) is 2.60. The highest BCUT2D eigenvalue weighted by molar-refractivity contribution is 14.0. The van der Waals surface area contributed by atoms with E-state index in [0.717, 1.165) is 38.7 Å². The summed E-state index contributed by atoms with van der Waals surface area (Å²) in [5.74, 6) is 0.881. The summed E-state index contributed by atoms with van der Waals surface area (Å²) in [7, 11) is 0. The zero-order valence-electron chi connectivity index (χ0n) is 17.7. The fourth-order valence-corrected chi connectivity index (χ4v) is 3.20. The summed E-state index contributed by atoms with van der Waals surface area (Å²) in [6.07, 6.45) is 0. The van der Waals surface area contributed by atoms with Gasteiger partial charge in [0.05, 0.1) is 6.54 Å². The van der Waals surface area contributed by atoms with E-state index in [2.05, 4.69) is 79.3 Å². The molecule has 6 heteroatoms. The van der Waals surface area contributed by atoms with Crippen molar-refractivity contribution in [2.75, 3.05) is 39.3 Å². The molecule has 0 bridgehead atoms. The molecule has 1 saturated heterocycles. The van der Waals surface area contributed by atoms with Gasteiger partial charge in [-0.3, -0.25) is 4.90 Å². The van der Waals surface area contributed by atoms with E-state index in [1.54, 1.807) is 0 Å². The number of nitrogens with zero attached hydrogens (tertiary/aromatic N) is 3. The van der Waals surface area contributed by atoms with Crippen LogP contribution >= 0.6 is 24.0 Å². The molecule has 1 aliphatic heterocycles. The lowest BCUT2D eigenvalue weighted by Gasteiger charge is -2.34. The Morgan fingerprint density at radius 2 is 1.59 bits per heavy atom. The second-order valence-corrected chi connectivity index (χ2v) is 8.05. The van der Waals surface area contributed by atoms with Crippen molar-refractivity contribution >= 4 is 29.9 Å². The number of aliphatic imine (C=N–C) groups is 1. The Morgan fingerprint density at radius 1 is 1.00 bits per heavy atom. The highest BCUT2D eigenvalue weighted by atomic mass is 127. The van der Waals surface area contributed by atoms with Gasteiger partial charge in [-0.25, -0.2) is 4.99 Å². The minimum absolute atomic E-state index is 0. The molecule has 0 spiro atoms. The molecule has 5 nitrogen and oxygen atoms in total. The van der Waals surface area contributed by atoms with Crippen LogP contribution in [-0.2, 0) is 13.1 Å². The molecule has 1 aliphatic rings. The first-order valence-corrected chi connectivity index (χ1v) is 9.99. The zero-order valence-corrected chi connectivity index (χ0v) is 20.0. The predicted octanol–water partition coefficient (Wildman–Crippen LogP) is 3.30. The first kappa shape index (κ1) is 24.2. The number of hydrogen-bond acceptors (Lipinski definition) is 3. The number of rotatable bonds is 6. The van der Waals surface area contributed by atoms with Gasteiger partial charge in [-0.15, -0.1) is 24.0 Å². The van der Waals surface area contributed by atoms with Crippen LogP contribution in [-0.4, -0.2) is 60.6 Å². The van der Waals surface area contributed by atoms with E-state index in [-0.39, 0.29) is 29.5 Å².